The van der Waals surface area contributed by atoms with E-state index in [2.05, 4.69) is 15.5 Å². The summed E-state index contributed by atoms with van der Waals surface area (Å²) in [7, 11) is 0. The summed E-state index contributed by atoms with van der Waals surface area (Å²) in [6, 6.07) is 7.27. The van der Waals surface area contributed by atoms with Crippen LogP contribution < -0.4 is 5.32 Å². The summed E-state index contributed by atoms with van der Waals surface area (Å²) >= 11 is 8.86. The van der Waals surface area contributed by atoms with Gasteiger partial charge in [0.15, 0.2) is 0 Å². The summed E-state index contributed by atoms with van der Waals surface area (Å²) in [6.07, 6.45) is 1.69. The lowest BCUT2D eigenvalue weighted by molar-refractivity contribution is 0.0947. The third-order valence-electron chi connectivity index (χ3n) is 3.60. The molecule has 0 saturated carbocycles. The Morgan fingerprint density at radius 2 is 2.20 bits per heavy atom. The molecule has 130 valence electrons. The van der Waals surface area contributed by atoms with E-state index in [1.807, 2.05) is 26.0 Å². The fraction of sp³-hybridized carbons (Fsp3) is 0.235. The lowest BCUT2D eigenvalue weighted by Crippen LogP contribution is -2.23. The Hall–Kier alpha value is -1.83. The summed E-state index contributed by atoms with van der Waals surface area (Å²) < 4.78 is 5.89. The monoisotopic (exact) mass is 393 g/mol. The van der Waals surface area contributed by atoms with Gasteiger partial charge in [-0.25, -0.2) is 4.98 Å². The van der Waals surface area contributed by atoms with E-state index in [0.717, 1.165) is 21.9 Å². The molecule has 0 bridgehead atoms. The van der Waals surface area contributed by atoms with Crippen LogP contribution in [0.15, 0.2) is 40.0 Å². The number of thiophene rings is 1. The molecule has 0 atom stereocenters. The molecule has 25 heavy (non-hydrogen) atoms. The topological polar surface area (TPSA) is 68.0 Å². The summed E-state index contributed by atoms with van der Waals surface area (Å²) in [4.78, 5) is 17.9. The highest BCUT2D eigenvalue weighted by Crippen LogP contribution is 2.27. The number of nitrogens with one attached hydrogen (secondary N) is 1. The van der Waals surface area contributed by atoms with Crippen LogP contribution in [-0.4, -0.2) is 16.0 Å². The zero-order chi connectivity index (χ0) is 17.8. The van der Waals surface area contributed by atoms with Crippen LogP contribution in [0.4, 0.5) is 0 Å². The third-order valence-corrected chi connectivity index (χ3v) is 5.87. The van der Waals surface area contributed by atoms with Gasteiger partial charge in [-0.2, -0.15) is 0 Å². The van der Waals surface area contributed by atoms with Crippen molar-refractivity contribution in [1.29, 1.82) is 0 Å². The first-order valence-corrected chi connectivity index (χ1v) is 9.74. The van der Waals surface area contributed by atoms with E-state index in [1.54, 1.807) is 18.3 Å². The quantitative estimate of drug-likeness (QED) is 0.618. The molecule has 3 aromatic heterocycles. The minimum Gasteiger partial charge on any atom is -0.361 e. The highest BCUT2D eigenvalue weighted by atomic mass is 35.5. The molecule has 0 aromatic carbocycles. The number of aromatic nitrogens is 2. The number of carbonyl (C=O) groups is 1. The van der Waals surface area contributed by atoms with Gasteiger partial charge in [0, 0.05) is 22.4 Å². The Labute approximate surface area is 158 Å². The van der Waals surface area contributed by atoms with E-state index in [-0.39, 0.29) is 5.91 Å². The van der Waals surface area contributed by atoms with Gasteiger partial charge in [-0.1, -0.05) is 16.8 Å². The molecule has 0 unspecified atom stereocenters. The van der Waals surface area contributed by atoms with Crippen LogP contribution in [0.3, 0.4) is 0 Å². The van der Waals surface area contributed by atoms with Crippen LogP contribution in [0.5, 0.6) is 0 Å². The molecule has 1 amide bonds. The molecule has 8 heteroatoms. The van der Waals surface area contributed by atoms with Crippen molar-refractivity contribution in [2.75, 3.05) is 0 Å². The fourth-order valence-corrected chi connectivity index (χ4v) is 4.41. The van der Waals surface area contributed by atoms with Gasteiger partial charge in [0.05, 0.1) is 22.1 Å². The van der Waals surface area contributed by atoms with Crippen molar-refractivity contribution in [3.05, 3.63) is 62.3 Å². The van der Waals surface area contributed by atoms with Crippen molar-refractivity contribution in [3.63, 3.8) is 0 Å². The first-order valence-electron chi connectivity index (χ1n) is 7.56. The van der Waals surface area contributed by atoms with Gasteiger partial charge in [-0.15, -0.1) is 23.1 Å². The van der Waals surface area contributed by atoms with Crippen LogP contribution in [0.1, 0.15) is 32.3 Å². The number of thioether (sulfide) groups is 1. The molecule has 1 N–H and O–H groups in total. The standard InChI is InChI=1S/C17H16ClN3O2S2/c1-10-14(11(2)23-21-10)9-24-17-13(4-3-7-19-17)16(22)20-8-12-5-6-15(18)25-12/h3-7H,8-9H2,1-2H3,(H,20,22). The molecule has 0 aliphatic heterocycles. The van der Waals surface area contributed by atoms with E-state index in [4.69, 9.17) is 16.1 Å². The van der Waals surface area contributed by atoms with Crippen molar-refractivity contribution < 1.29 is 9.32 Å². The Morgan fingerprint density at radius 3 is 2.88 bits per heavy atom. The van der Waals surface area contributed by atoms with Crippen LogP contribution in [0.25, 0.3) is 0 Å². The molecular weight excluding hydrogens is 378 g/mol. The maximum atomic E-state index is 12.5. The predicted molar refractivity (Wildman–Crippen MR) is 100 cm³/mol. The summed E-state index contributed by atoms with van der Waals surface area (Å²) in [6.45, 7) is 4.23. The van der Waals surface area contributed by atoms with E-state index < -0.39 is 0 Å². The molecule has 0 spiro atoms. The number of hydrogen-bond acceptors (Lipinski definition) is 6. The van der Waals surface area contributed by atoms with Gasteiger partial charge in [0.2, 0.25) is 0 Å². The molecule has 3 aromatic rings. The van der Waals surface area contributed by atoms with Crippen molar-refractivity contribution in [2.45, 2.75) is 31.2 Å². The lowest BCUT2D eigenvalue weighted by Gasteiger charge is -2.08. The van der Waals surface area contributed by atoms with Gasteiger partial charge < -0.3 is 9.84 Å². The minimum absolute atomic E-state index is 0.154. The van der Waals surface area contributed by atoms with Crippen LogP contribution in [0, 0.1) is 13.8 Å². The normalized spacial score (nSPS) is 10.8. The molecule has 0 radical (unpaired) electrons. The maximum absolute atomic E-state index is 12.5. The summed E-state index contributed by atoms with van der Waals surface area (Å²) in [5.41, 5.74) is 2.46. The lowest BCUT2D eigenvalue weighted by atomic mass is 10.2. The summed E-state index contributed by atoms with van der Waals surface area (Å²) in [5.74, 6) is 1.29. The second-order valence-corrected chi connectivity index (χ2v) is 8.10. The molecule has 0 fully saturated rings. The Kier molecular flexibility index (Phi) is 5.78. The van der Waals surface area contributed by atoms with Crippen molar-refractivity contribution >= 4 is 40.6 Å². The Morgan fingerprint density at radius 1 is 1.36 bits per heavy atom. The second kappa shape index (κ2) is 8.03. The number of nitrogens with zero attached hydrogens (tertiary/aromatic N) is 2. The average Bonchev–Trinajstić information content (AvgIpc) is 3.17. The first kappa shape index (κ1) is 18.0. The van der Waals surface area contributed by atoms with Gasteiger partial charge in [-0.05, 0) is 38.1 Å². The van der Waals surface area contributed by atoms with Crippen LogP contribution >= 0.6 is 34.7 Å². The smallest absolute Gasteiger partial charge is 0.254 e. The average molecular weight is 394 g/mol. The number of rotatable bonds is 6. The van der Waals surface area contributed by atoms with Gasteiger partial charge in [0.25, 0.3) is 5.91 Å². The van der Waals surface area contributed by atoms with Crippen molar-refractivity contribution in [1.82, 2.24) is 15.5 Å². The summed E-state index contributed by atoms with van der Waals surface area (Å²) in [5, 5.41) is 7.55. The van der Waals surface area contributed by atoms with Gasteiger partial charge in [0.1, 0.15) is 10.8 Å². The molecule has 5 nitrogen and oxygen atoms in total. The number of aryl methyl sites for hydroxylation is 2. The predicted octanol–water partition coefficient (Wildman–Crippen LogP) is 4.62. The van der Waals surface area contributed by atoms with E-state index >= 15 is 0 Å². The SMILES string of the molecule is Cc1noc(C)c1CSc1ncccc1C(=O)NCc1ccc(Cl)s1. The largest absolute Gasteiger partial charge is 0.361 e. The number of carbonyl (C=O) groups excluding carboxylic acids is 1. The van der Waals surface area contributed by atoms with E-state index in [9.17, 15) is 4.79 Å². The van der Waals surface area contributed by atoms with Crippen LogP contribution in [0.2, 0.25) is 4.34 Å². The van der Waals surface area contributed by atoms with Gasteiger partial charge in [-0.3, -0.25) is 4.79 Å². The molecule has 0 aliphatic carbocycles. The molecule has 3 rings (SSSR count). The Bertz CT molecular complexity index is 872. The highest BCUT2D eigenvalue weighted by Gasteiger charge is 2.15. The second-order valence-electron chi connectivity index (χ2n) is 5.34. The molecule has 3 heterocycles. The molecule has 0 saturated heterocycles. The number of hydrogen-bond donors (Lipinski definition) is 1. The van der Waals surface area contributed by atoms with E-state index in [1.165, 1.54) is 23.1 Å². The zero-order valence-electron chi connectivity index (χ0n) is 13.7. The van der Waals surface area contributed by atoms with E-state index in [0.29, 0.717) is 27.2 Å². The number of amides is 1. The third kappa shape index (κ3) is 4.42. The fourth-order valence-electron chi connectivity index (χ4n) is 2.24. The Balaban J connectivity index is 1.68. The number of halogens is 1. The van der Waals surface area contributed by atoms with Crippen molar-refractivity contribution in [2.24, 2.45) is 0 Å². The molecule has 0 aliphatic rings. The number of pyridine rings is 1. The zero-order valence-corrected chi connectivity index (χ0v) is 16.1. The first-order chi connectivity index (χ1) is 12.0. The minimum atomic E-state index is -0.154. The highest BCUT2D eigenvalue weighted by molar-refractivity contribution is 7.98. The van der Waals surface area contributed by atoms with Crippen molar-refractivity contribution in [3.8, 4) is 0 Å². The van der Waals surface area contributed by atoms with Crippen LogP contribution in [-0.2, 0) is 12.3 Å². The maximum Gasteiger partial charge on any atom is 0.254 e. The van der Waals surface area contributed by atoms with Gasteiger partial charge >= 0.3 is 0 Å². The molecular formula is C17H16ClN3O2S2.